The van der Waals surface area contributed by atoms with Crippen LogP contribution in [0.1, 0.15) is 6.42 Å². The van der Waals surface area contributed by atoms with Crippen LogP contribution in [0.15, 0.2) is 12.2 Å². The Balaban J connectivity index is 3.79. The Morgan fingerprint density at radius 1 is 1.12 bits per heavy atom. The molecule has 0 spiro atoms. The summed E-state index contributed by atoms with van der Waals surface area (Å²) in [5.74, 6) is -1.46. The molecular weight excluding hydrogens is 214 g/mol. The highest BCUT2D eigenvalue weighted by molar-refractivity contribution is 5.91. The van der Waals surface area contributed by atoms with Crippen LogP contribution < -0.4 is 0 Å². The molecule has 0 aromatic heterocycles. The van der Waals surface area contributed by atoms with Crippen LogP contribution in [0.3, 0.4) is 0 Å². The Bertz CT molecular complexity index is 296. The van der Waals surface area contributed by atoms with Gasteiger partial charge in [0.05, 0.1) is 13.5 Å². The zero-order chi connectivity index (χ0) is 12.6. The van der Waals surface area contributed by atoms with E-state index in [2.05, 4.69) is 9.47 Å². The minimum absolute atomic E-state index is 0.0125. The van der Waals surface area contributed by atoms with Gasteiger partial charge in [0, 0.05) is 26.2 Å². The minimum atomic E-state index is -0.683. The van der Waals surface area contributed by atoms with Crippen LogP contribution in [0.4, 0.5) is 0 Å². The molecule has 0 N–H and O–H groups in total. The van der Waals surface area contributed by atoms with Gasteiger partial charge >= 0.3 is 11.9 Å². The molecule has 90 valence electrons. The van der Waals surface area contributed by atoms with Crippen molar-refractivity contribution >= 4 is 17.8 Å². The van der Waals surface area contributed by atoms with E-state index in [-0.39, 0.29) is 18.9 Å². The summed E-state index contributed by atoms with van der Waals surface area (Å²) in [5, 5.41) is 0. The van der Waals surface area contributed by atoms with E-state index in [0.717, 1.165) is 12.2 Å². The van der Waals surface area contributed by atoms with Crippen molar-refractivity contribution in [3.63, 3.8) is 0 Å². The lowest BCUT2D eigenvalue weighted by Gasteiger charge is -2.09. The Labute approximate surface area is 93.8 Å². The quantitative estimate of drug-likeness (QED) is 0.479. The molecule has 6 nitrogen and oxygen atoms in total. The van der Waals surface area contributed by atoms with Crippen molar-refractivity contribution in [3.8, 4) is 0 Å². The highest BCUT2D eigenvalue weighted by atomic mass is 16.5. The van der Waals surface area contributed by atoms with Gasteiger partial charge in [-0.25, -0.2) is 9.59 Å². The van der Waals surface area contributed by atoms with Crippen molar-refractivity contribution in [2.24, 2.45) is 0 Å². The molecular formula is C10H15NO5. The number of hydrogen-bond acceptors (Lipinski definition) is 5. The average Bonchev–Trinajstić information content (AvgIpc) is 2.25. The molecule has 1 amide bonds. The Kier molecular flexibility index (Phi) is 6.58. The molecule has 6 heteroatoms. The lowest BCUT2D eigenvalue weighted by atomic mass is 10.4. The predicted octanol–water partition coefficient (Wildman–Crippen LogP) is -0.263. The number of rotatable bonds is 5. The third-order valence-corrected chi connectivity index (χ3v) is 1.62. The smallest absolute Gasteiger partial charge is 0.331 e. The van der Waals surface area contributed by atoms with Gasteiger partial charge in [0.15, 0.2) is 0 Å². The summed E-state index contributed by atoms with van der Waals surface area (Å²) in [7, 11) is 4.43. The minimum Gasteiger partial charge on any atom is -0.466 e. The van der Waals surface area contributed by atoms with Gasteiger partial charge in [-0.2, -0.15) is 0 Å². The maximum absolute atomic E-state index is 11.1. The lowest BCUT2D eigenvalue weighted by molar-refractivity contribution is -0.141. The van der Waals surface area contributed by atoms with E-state index >= 15 is 0 Å². The zero-order valence-electron chi connectivity index (χ0n) is 9.56. The molecule has 0 rings (SSSR count). The predicted molar refractivity (Wildman–Crippen MR) is 55.4 cm³/mol. The van der Waals surface area contributed by atoms with E-state index in [4.69, 9.17) is 0 Å². The summed E-state index contributed by atoms with van der Waals surface area (Å²) in [4.78, 5) is 34.1. The highest BCUT2D eigenvalue weighted by Gasteiger charge is 2.05. The fourth-order valence-electron chi connectivity index (χ4n) is 0.715. The van der Waals surface area contributed by atoms with Gasteiger partial charge < -0.3 is 14.4 Å². The van der Waals surface area contributed by atoms with Gasteiger partial charge in [0.25, 0.3) is 0 Å². The van der Waals surface area contributed by atoms with Gasteiger partial charge in [-0.05, 0) is 0 Å². The molecule has 0 bridgehead atoms. The molecule has 0 saturated heterocycles. The van der Waals surface area contributed by atoms with Crippen molar-refractivity contribution in [2.45, 2.75) is 6.42 Å². The Morgan fingerprint density at radius 2 is 1.69 bits per heavy atom. The van der Waals surface area contributed by atoms with E-state index in [1.807, 2.05) is 0 Å². The summed E-state index contributed by atoms with van der Waals surface area (Å²) in [5.41, 5.74) is 0. The Hall–Kier alpha value is -1.85. The second-order valence-electron chi connectivity index (χ2n) is 3.06. The fraction of sp³-hybridized carbons (Fsp3) is 0.500. The van der Waals surface area contributed by atoms with E-state index < -0.39 is 11.9 Å². The second kappa shape index (κ2) is 7.44. The first-order valence-corrected chi connectivity index (χ1v) is 4.60. The van der Waals surface area contributed by atoms with Crippen LogP contribution in [0, 0.1) is 0 Å². The van der Waals surface area contributed by atoms with Crippen molar-refractivity contribution < 1.29 is 23.9 Å². The van der Waals surface area contributed by atoms with Crippen LogP contribution >= 0.6 is 0 Å². The monoisotopic (exact) mass is 229 g/mol. The van der Waals surface area contributed by atoms with Gasteiger partial charge in [-0.3, -0.25) is 4.79 Å². The Morgan fingerprint density at radius 3 is 2.19 bits per heavy atom. The van der Waals surface area contributed by atoms with E-state index in [1.165, 1.54) is 12.0 Å². The first kappa shape index (κ1) is 14.2. The molecule has 0 fully saturated rings. The van der Waals surface area contributed by atoms with Crippen molar-refractivity contribution in [3.05, 3.63) is 12.2 Å². The van der Waals surface area contributed by atoms with Crippen LogP contribution in [0.2, 0.25) is 0 Å². The van der Waals surface area contributed by atoms with Gasteiger partial charge in [0.1, 0.15) is 6.61 Å². The molecule has 0 heterocycles. The molecule has 0 aliphatic carbocycles. The van der Waals surface area contributed by atoms with Crippen LogP contribution in [0.25, 0.3) is 0 Å². The fourth-order valence-corrected chi connectivity index (χ4v) is 0.715. The summed E-state index contributed by atoms with van der Waals surface area (Å²) < 4.78 is 8.96. The normalized spacial score (nSPS) is 9.94. The summed E-state index contributed by atoms with van der Waals surface area (Å²) in [6.45, 7) is -0.0125. The van der Waals surface area contributed by atoms with Crippen molar-refractivity contribution in [1.82, 2.24) is 4.90 Å². The van der Waals surface area contributed by atoms with Gasteiger partial charge in [-0.1, -0.05) is 0 Å². The summed E-state index contributed by atoms with van der Waals surface area (Å²) in [6, 6.07) is 0. The maximum atomic E-state index is 11.1. The number of carbonyl (C=O) groups excluding carboxylic acids is 3. The number of nitrogens with zero attached hydrogens (tertiary/aromatic N) is 1. The standard InChI is InChI=1S/C10H15NO5/c1-11(2)8(12)6-7-16-10(14)5-4-9(13)15-3/h4-5H,6-7H2,1-3H3. The molecule has 0 radical (unpaired) electrons. The van der Waals surface area contributed by atoms with Gasteiger partial charge in [-0.15, -0.1) is 0 Å². The number of esters is 2. The van der Waals surface area contributed by atoms with Crippen LogP contribution in [-0.2, 0) is 23.9 Å². The number of methoxy groups -OCH3 is 1. The molecule has 0 atom stereocenters. The van der Waals surface area contributed by atoms with Gasteiger partial charge in [0.2, 0.25) is 5.91 Å². The zero-order valence-corrected chi connectivity index (χ0v) is 9.56. The number of carbonyl (C=O) groups is 3. The molecule has 0 aromatic carbocycles. The van der Waals surface area contributed by atoms with E-state index in [1.54, 1.807) is 14.1 Å². The third-order valence-electron chi connectivity index (χ3n) is 1.62. The number of ether oxygens (including phenoxy) is 2. The summed E-state index contributed by atoms with van der Waals surface area (Å²) >= 11 is 0. The molecule has 0 unspecified atom stereocenters. The SMILES string of the molecule is COC(=O)C=CC(=O)OCCC(=O)N(C)C. The molecule has 0 aliphatic rings. The average molecular weight is 229 g/mol. The lowest BCUT2D eigenvalue weighted by Crippen LogP contribution is -2.23. The number of hydrogen-bond donors (Lipinski definition) is 0. The van der Waals surface area contributed by atoms with Crippen LogP contribution in [-0.4, -0.2) is 50.6 Å². The first-order valence-electron chi connectivity index (χ1n) is 4.60. The second-order valence-corrected chi connectivity index (χ2v) is 3.06. The maximum Gasteiger partial charge on any atom is 0.331 e. The van der Waals surface area contributed by atoms with Crippen molar-refractivity contribution in [2.75, 3.05) is 27.8 Å². The highest BCUT2D eigenvalue weighted by Crippen LogP contribution is 1.90. The van der Waals surface area contributed by atoms with E-state index in [9.17, 15) is 14.4 Å². The topological polar surface area (TPSA) is 72.9 Å². The molecule has 16 heavy (non-hydrogen) atoms. The molecule has 0 aliphatic heterocycles. The summed E-state index contributed by atoms with van der Waals surface area (Å²) in [6.07, 6.45) is 2.02. The van der Waals surface area contributed by atoms with E-state index in [0.29, 0.717) is 0 Å². The molecule has 0 aromatic rings. The van der Waals surface area contributed by atoms with Crippen LogP contribution in [0.5, 0.6) is 0 Å². The van der Waals surface area contributed by atoms with Crippen molar-refractivity contribution in [1.29, 1.82) is 0 Å². The molecule has 0 saturated carbocycles. The largest absolute Gasteiger partial charge is 0.466 e. The number of amides is 1. The third kappa shape index (κ3) is 6.58. The first-order chi connectivity index (χ1) is 7.47.